The Hall–Kier alpha value is -2.74. The van der Waals surface area contributed by atoms with E-state index in [4.69, 9.17) is 21.1 Å². The quantitative estimate of drug-likeness (QED) is 0.620. The summed E-state index contributed by atoms with van der Waals surface area (Å²) in [5, 5.41) is 3.30. The highest BCUT2D eigenvalue weighted by Gasteiger charge is 2.27. The number of amides is 2. The third-order valence-electron chi connectivity index (χ3n) is 4.53. The third-order valence-corrected chi connectivity index (χ3v) is 4.76. The van der Waals surface area contributed by atoms with Crippen LogP contribution >= 0.6 is 11.6 Å². The van der Waals surface area contributed by atoms with Crippen LogP contribution in [0.1, 0.15) is 11.1 Å². The zero-order chi connectivity index (χ0) is 21.3. The average molecular weight is 430 g/mol. The molecule has 0 aliphatic carbocycles. The van der Waals surface area contributed by atoms with Crippen molar-refractivity contribution in [3.8, 4) is 0 Å². The Bertz CT molecular complexity index is 918. The lowest BCUT2D eigenvalue weighted by Crippen LogP contribution is -2.42. The van der Waals surface area contributed by atoms with Gasteiger partial charge in [-0.1, -0.05) is 41.9 Å². The molecule has 2 amide bonds. The lowest BCUT2D eigenvalue weighted by molar-refractivity contribution is -0.123. The second-order valence-corrected chi connectivity index (χ2v) is 7.06. The van der Waals surface area contributed by atoms with Crippen molar-refractivity contribution in [3.05, 3.63) is 64.7 Å². The number of methoxy groups -OCH3 is 1. The molecule has 0 unspecified atom stereocenters. The minimum atomic E-state index is -0.275. The van der Waals surface area contributed by atoms with Crippen LogP contribution in [0, 0.1) is 0 Å². The number of aliphatic imine (C=N–C) groups is 1. The van der Waals surface area contributed by atoms with E-state index in [0.717, 1.165) is 11.1 Å². The fourth-order valence-electron chi connectivity index (χ4n) is 3.11. The first kappa shape index (κ1) is 22.0. The van der Waals surface area contributed by atoms with Gasteiger partial charge < -0.3 is 19.7 Å². The van der Waals surface area contributed by atoms with Crippen molar-refractivity contribution >= 4 is 34.8 Å². The molecular formula is C22H24ClN3O4. The van der Waals surface area contributed by atoms with Gasteiger partial charge in [-0.25, -0.2) is 0 Å². The van der Waals surface area contributed by atoms with E-state index >= 15 is 0 Å². The summed E-state index contributed by atoms with van der Waals surface area (Å²) in [5.41, 5.74) is 2.88. The molecule has 1 aliphatic rings. The predicted molar refractivity (Wildman–Crippen MR) is 116 cm³/mol. The Morgan fingerprint density at radius 3 is 2.73 bits per heavy atom. The molecule has 7 nitrogen and oxygen atoms in total. The van der Waals surface area contributed by atoms with Crippen molar-refractivity contribution in [1.82, 2.24) is 5.32 Å². The number of rotatable bonds is 9. The molecule has 2 aromatic carbocycles. The van der Waals surface area contributed by atoms with Crippen LogP contribution in [0.4, 0.5) is 5.69 Å². The van der Waals surface area contributed by atoms with Crippen LogP contribution in [0.15, 0.2) is 53.5 Å². The smallest absolute Gasteiger partial charge is 0.249 e. The van der Waals surface area contributed by atoms with Crippen LogP contribution in [-0.2, 0) is 19.1 Å². The van der Waals surface area contributed by atoms with Gasteiger partial charge in [0.1, 0.15) is 13.1 Å². The number of anilines is 1. The average Bonchev–Trinajstić information content (AvgIpc) is 2.88. The number of benzene rings is 2. The van der Waals surface area contributed by atoms with Gasteiger partial charge in [-0.05, 0) is 18.2 Å². The fraction of sp³-hybridized carbons (Fsp3) is 0.318. The van der Waals surface area contributed by atoms with Gasteiger partial charge in [0.25, 0.3) is 0 Å². The van der Waals surface area contributed by atoms with Crippen LogP contribution in [0.5, 0.6) is 0 Å². The number of halogens is 1. The van der Waals surface area contributed by atoms with E-state index in [-0.39, 0.29) is 24.9 Å². The zero-order valence-electron chi connectivity index (χ0n) is 16.8. The number of fused-ring (bicyclic) bond motifs is 1. The lowest BCUT2D eigenvalue weighted by Gasteiger charge is -2.23. The van der Waals surface area contributed by atoms with Gasteiger partial charge in [-0.3, -0.25) is 14.6 Å². The molecule has 30 heavy (non-hydrogen) atoms. The highest BCUT2D eigenvalue weighted by atomic mass is 35.5. The first-order chi connectivity index (χ1) is 14.6. The zero-order valence-corrected chi connectivity index (χ0v) is 17.5. The van der Waals surface area contributed by atoms with Crippen LogP contribution in [0.25, 0.3) is 0 Å². The molecule has 1 aliphatic heterocycles. The molecule has 0 spiro atoms. The summed E-state index contributed by atoms with van der Waals surface area (Å²) in [7, 11) is 1.60. The molecular weight excluding hydrogens is 406 g/mol. The van der Waals surface area contributed by atoms with Gasteiger partial charge in [-0.2, -0.15) is 0 Å². The molecule has 158 valence electrons. The Kier molecular flexibility index (Phi) is 7.96. The maximum Gasteiger partial charge on any atom is 0.249 e. The summed E-state index contributed by atoms with van der Waals surface area (Å²) in [4.78, 5) is 31.2. The van der Waals surface area contributed by atoms with Gasteiger partial charge >= 0.3 is 0 Å². The monoisotopic (exact) mass is 429 g/mol. The Balaban J connectivity index is 1.76. The molecule has 0 bridgehead atoms. The van der Waals surface area contributed by atoms with E-state index in [1.165, 1.54) is 4.90 Å². The van der Waals surface area contributed by atoms with Crippen molar-refractivity contribution in [1.29, 1.82) is 0 Å². The standard InChI is InChI=1S/C22H24ClN3O4/c1-29-11-12-30-10-9-24-20(27)15-26-19-8-7-17(23)13-18(19)22(25-14-21(26)28)16-5-3-2-4-6-16/h2-8,13H,9-12,14-15H2,1H3,(H,24,27). The van der Waals surface area contributed by atoms with Crippen molar-refractivity contribution < 1.29 is 19.1 Å². The van der Waals surface area contributed by atoms with Crippen LogP contribution in [-0.4, -0.2) is 64.1 Å². The van der Waals surface area contributed by atoms with E-state index in [1.807, 2.05) is 30.3 Å². The van der Waals surface area contributed by atoms with E-state index in [9.17, 15) is 9.59 Å². The first-order valence-corrected chi connectivity index (χ1v) is 10.0. The summed E-state index contributed by atoms with van der Waals surface area (Å²) >= 11 is 6.23. The summed E-state index contributed by atoms with van der Waals surface area (Å²) in [6.45, 7) is 1.53. The molecule has 3 rings (SSSR count). The second kappa shape index (κ2) is 10.9. The number of ether oxygens (including phenoxy) is 2. The minimum Gasteiger partial charge on any atom is -0.382 e. The number of nitrogens with zero attached hydrogens (tertiary/aromatic N) is 2. The molecule has 1 N–H and O–H groups in total. The Morgan fingerprint density at radius 1 is 1.17 bits per heavy atom. The number of carbonyl (C=O) groups is 2. The van der Waals surface area contributed by atoms with Crippen molar-refractivity contribution in [2.45, 2.75) is 0 Å². The molecule has 0 saturated heterocycles. The van der Waals surface area contributed by atoms with Crippen LogP contribution in [0.2, 0.25) is 5.02 Å². The molecule has 2 aromatic rings. The van der Waals surface area contributed by atoms with Crippen LogP contribution in [0.3, 0.4) is 0 Å². The van der Waals surface area contributed by atoms with Gasteiger partial charge in [0.2, 0.25) is 11.8 Å². The number of benzodiazepines with no additional fused rings is 1. The summed E-state index contributed by atoms with van der Waals surface area (Å²) < 4.78 is 10.2. The van der Waals surface area contributed by atoms with Crippen LogP contribution < -0.4 is 10.2 Å². The normalized spacial score (nSPS) is 13.5. The topological polar surface area (TPSA) is 80.2 Å². The van der Waals surface area contributed by atoms with Gasteiger partial charge in [0.15, 0.2) is 0 Å². The van der Waals surface area contributed by atoms with E-state index < -0.39 is 0 Å². The minimum absolute atomic E-state index is 0.0517. The van der Waals surface area contributed by atoms with E-state index in [2.05, 4.69) is 10.3 Å². The molecule has 0 saturated carbocycles. The second-order valence-electron chi connectivity index (χ2n) is 6.63. The molecule has 0 aromatic heterocycles. The number of nitrogens with one attached hydrogen (secondary N) is 1. The molecule has 8 heteroatoms. The predicted octanol–water partition coefficient (Wildman–Crippen LogP) is 2.30. The number of hydrogen-bond donors (Lipinski definition) is 1. The SMILES string of the molecule is COCCOCCNC(=O)CN1C(=O)CN=C(c2ccccc2)c2cc(Cl)ccc21. The molecule has 0 fully saturated rings. The first-order valence-electron chi connectivity index (χ1n) is 9.63. The number of carbonyl (C=O) groups excluding carboxylic acids is 2. The van der Waals surface area contributed by atoms with Gasteiger partial charge in [0.05, 0.1) is 31.2 Å². The summed E-state index contributed by atoms with van der Waals surface area (Å²) in [6, 6.07) is 14.8. The van der Waals surface area contributed by atoms with E-state index in [1.54, 1.807) is 25.3 Å². The van der Waals surface area contributed by atoms with Crippen molar-refractivity contribution in [2.24, 2.45) is 4.99 Å². The molecule has 0 atom stereocenters. The lowest BCUT2D eigenvalue weighted by atomic mass is 10.00. The molecule has 1 heterocycles. The van der Waals surface area contributed by atoms with Crippen molar-refractivity contribution in [3.63, 3.8) is 0 Å². The fourth-order valence-corrected chi connectivity index (χ4v) is 3.28. The maximum absolute atomic E-state index is 12.8. The largest absolute Gasteiger partial charge is 0.382 e. The highest BCUT2D eigenvalue weighted by molar-refractivity contribution is 6.32. The van der Waals surface area contributed by atoms with E-state index in [0.29, 0.717) is 42.8 Å². The Labute approximate surface area is 180 Å². The van der Waals surface area contributed by atoms with Crippen molar-refractivity contribution in [2.75, 3.05) is 51.5 Å². The highest BCUT2D eigenvalue weighted by Crippen LogP contribution is 2.29. The Morgan fingerprint density at radius 2 is 1.97 bits per heavy atom. The molecule has 0 radical (unpaired) electrons. The maximum atomic E-state index is 12.8. The summed E-state index contributed by atoms with van der Waals surface area (Å²) in [6.07, 6.45) is 0. The summed E-state index contributed by atoms with van der Waals surface area (Å²) in [5.74, 6) is -0.529. The number of hydrogen-bond acceptors (Lipinski definition) is 5. The third kappa shape index (κ3) is 5.66. The van der Waals surface area contributed by atoms with Gasteiger partial charge in [-0.15, -0.1) is 0 Å². The van der Waals surface area contributed by atoms with Gasteiger partial charge in [0, 0.05) is 29.8 Å².